The van der Waals surface area contributed by atoms with Crippen LogP contribution in [-0.2, 0) is 28.9 Å². The van der Waals surface area contributed by atoms with E-state index in [0.29, 0.717) is 17.7 Å². The van der Waals surface area contributed by atoms with Crippen molar-refractivity contribution in [2.24, 2.45) is 5.92 Å². The number of allylic oxidation sites excluding steroid dienone is 4. The zero-order chi connectivity index (χ0) is 29.4. The fraction of sp³-hybridized carbons (Fsp3) is 0.333. The van der Waals surface area contributed by atoms with Crippen molar-refractivity contribution in [3.8, 4) is 0 Å². The Kier molecular flexibility index (Phi) is 10.7. The molecule has 2 aromatic carbocycles. The van der Waals surface area contributed by atoms with E-state index in [4.69, 9.17) is 9.84 Å². The first kappa shape index (κ1) is 31.4. The molecule has 0 aliphatic carbocycles. The van der Waals surface area contributed by atoms with Gasteiger partial charge in [-0.3, -0.25) is 9.69 Å². The normalized spacial score (nSPS) is 13.7. The second kappa shape index (κ2) is 13.3. The molecule has 0 fully saturated rings. The number of carbonyl (C=O) groups excluding carboxylic acids is 1. The molecule has 1 amide bonds. The van der Waals surface area contributed by atoms with E-state index in [2.05, 4.69) is 0 Å². The summed E-state index contributed by atoms with van der Waals surface area (Å²) in [7, 11) is 0. The Labute approximate surface area is 220 Å². The second-order valence-corrected chi connectivity index (χ2v) is 8.67. The Morgan fingerprint density at radius 2 is 1.69 bits per heavy atom. The number of nitrogens with zero attached hydrogens (tertiary/aromatic N) is 1. The van der Waals surface area contributed by atoms with Gasteiger partial charge in [0.25, 0.3) is 0 Å². The van der Waals surface area contributed by atoms with Crippen molar-refractivity contribution in [1.82, 2.24) is 4.90 Å². The number of carboxylic acid groups (broad SMARTS) is 1. The standard InChI is InChI=1S/C27H26F7NO4/c1-3-23(28)22(11-17(2)12-24(36)37)21-10-9-20(27(32,33)34)13-19(21)14-35(16-26(29,30)31)25(38)39-15-18-7-5-4-6-8-18/h3-11,13,17H,12,14-16H2,1-2H3,(H,36,37)/b22-11-,23-3+. The number of rotatable bonds is 10. The number of carbonyl (C=O) groups is 2. The van der Waals surface area contributed by atoms with Crippen LogP contribution in [0, 0.1) is 5.92 Å². The number of amides is 1. The van der Waals surface area contributed by atoms with E-state index < -0.39 is 73.4 Å². The highest BCUT2D eigenvalue weighted by atomic mass is 19.4. The van der Waals surface area contributed by atoms with Crippen LogP contribution in [0.15, 0.2) is 66.5 Å². The molecule has 5 nitrogen and oxygen atoms in total. The number of aliphatic carboxylic acids is 1. The molecular weight excluding hydrogens is 535 g/mol. The predicted molar refractivity (Wildman–Crippen MR) is 129 cm³/mol. The Balaban J connectivity index is 2.58. The van der Waals surface area contributed by atoms with Crippen LogP contribution in [0.1, 0.15) is 42.5 Å². The summed E-state index contributed by atoms with van der Waals surface area (Å²) in [4.78, 5) is 23.9. The van der Waals surface area contributed by atoms with Gasteiger partial charge in [-0.2, -0.15) is 26.3 Å². The van der Waals surface area contributed by atoms with Crippen LogP contribution in [0.5, 0.6) is 0 Å². The number of alkyl halides is 6. The molecule has 0 aliphatic rings. The fourth-order valence-corrected chi connectivity index (χ4v) is 3.65. The topological polar surface area (TPSA) is 66.8 Å². The maximum Gasteiger partial charge on any atom is 0.416 e. The quantitative estimate of drug-likeness (QED) is 0.238. The molecule has 0 spiro atoms. The molecule has 0 aliphatic heterocycles. The Morgan fingerprint density at radius 3 is 2.23 bits per heavy atom. The minimum Gasteiger partial charge on any atom is -0.481 e. The van der Waals surface area contributed by atoms with Crippen LogP contribution in [0.3, 0.4) is 0 Å². The van der Waals surface area contributed by atoms with Crippen molar-refractivity contribution >= 4 is 17.6 Å². The summed E-state index contributed by atoms with van der Waals surface area (Å²) < 4.78 is 101. The van der Waals surface area contributed by atoms with Crippen LogP contribution in [0.2, 0.25) is 0 Å². The second-order valence-electron chi connectivity index (χ2n) is 8.67. The van der Waals surface area contributed by atoms with Crippen LogP contribution in [-0.4, -0.2) is 34.8 Å². The van der Waals surface area contributed by atoms with E-state index in [1.807, 2.05) is 0 Å². The van der Waals surface area contributed by atoms with Gasteiger partial charge in [0.05, 0.1) is 18.5 Å². The smallest absolute Gasteiger partial charge is 0.416 e. The summed E-state index contributed by atoms with van der Waals surface area (Å²) in [5, 5.41) is 9.04. The molecule has 39 heavy (non-hydrogen) atoms. The minimum absolute atomic E-state index is 0.174. The Hall–Kier alpha value is -3.83. The summed E-state index contributed by atoms with van der Waals surface area (Å²) in [6.45, 7) is -0.539. The summed E-state index contributed by atoms with van der Waals surface area (Å²) in [6, 6.07) is 10.0. The summed E-state index contributed by atoms with van der Waals surface area (Å²) in [5.74, 6) is -2.95. The number of hydrogen-bond acceptors (Lipinski definition) is 3. The van der Waals surface area contributed by atoms with Crippen molar-refractivity contribution in [2.45, 2.75) is 45.8 Å². The molecule has 0 heterocycles. The molecule has 1 unspecified atom stereocenters. The SMILES string of the molecule is C/C=C(F)\C(=C/C(C)CC(=O)O)c1ccc(C(F)(F)F)cc1CN(CC(F)(F)F)C(=O)OCc1ccccc1. The summed E-state index contributed by atoms with van der Waals surface area (Å²) in [6.07, 6.45) is -9.58. The van der Waals surface area contributed by atoms with Gasteiger partial charge in [0.15, 0.2) is 0 Å². The number of halogens is 7. The Bertz CT molecular complexity index is 1200. The van der Waals surface area contributed by atoms with Gasteiger partial charge in [-0.25, -0.2) is 9.18 Å². The highest BCUT2D eigenvalue weighted by molar-refractivity contribution is 5.80. The van der Waals surface area contributed by atoms with Gasteiger partial charge in [0.1, 0.15) is 19.0 Å². The summed E-state index contributed by atoms with van der Waals surface area (Å²) >= 11 is 0. The third-order valence-electron chi connectivity index (χ3n) is 5.38. The first-order valence-electron chi connectivity index (χ1n) is 11.6. The fourth-order valence-electron chi connectivity index (χ4n) is 3.65. The lowest BCUT2D eigenvalue weighted by molar-refractivity contribution is -0.144. The first-order chi connectivity index (χ1) is 18.1. The van der Waals surface area contributed by atoms with Gasteiger partial charge in [-0.15, -0.1) is 0 Å². The third-order valence-corrected chi connectivity index (χ3v) is 5.38. The van der Waals surface area contributed by atoms with Crippen molar-refractivity contribution in [1.29, 1.82) is 0 Å². The Morgan fingerprint density at radius 1 is 1.05 bits per heavy atom. The van der Waals surface area contributed by atoms with E-state index >= 15 is 0 Å². The zero-order valence-electron chi connectivity index (χ0n) is 20.9. The molecule has 0 bridgehead atoms. The van der Waals surface area contributed by atoms with E-state index in [9.17, 15) is 40.3 Å². The van der Waals surface area contributed by atoms with Crippen molar-refractivity contribution in [3.05, 3.63) is 88.8 Å². The van der Waals surface area contributed by atoms with E-state index in [-0.39, 0.29) is 16.0 Å². The van der Waals surface area contributed by atoms with Gasteiger partial charge < -0.3 is 9.84 Å². The van der Waals surface area contributed by atoms with Crippen molar-refractivity contribution < 1.29 is 50.2 Å². The average Bonchev–Trinajstić information content (AvgIpc) is 2.84. The van der Waals surface area contributed by atoms with Crippen LogP contribution in [0.4, 0.5) is 35.5 Å². The number of benzene rings is 2. The van der Waals surface area contributed by atoms with Crippen LogP contribution in [0.25, 0.3) is 5.57 Å². The molecule has 0 saturated carbocycles. The molecule has 2 rings (SSSR count). The predicted octanol–water partition coefficient (Wildman–Crippen LogP) is 7.77. The van der Waals surface area contributed by atoms with Crippen molar-refractivity contribution in [3.63, 3.8) is 0 Å². The lowest BCUT2D eigenvalue weighted by atomic mass is 9.92. The lowest BCUT2D eigenvalue weighted by Crippen LogP contribution is -2.39. The van der Waals surface area contributed by atoms with Gasteiger partial charge in [-0.05, 0) is 41.7 Å². The van der Waals surface area contributed by atoms with Gasteiger partial charge in [0.2, 0.25) is 0 Å². The highest BCUT2D eigenvalue weighted by Gasteiger charge is 2.36. The largest absolute Gasteiger partial charge is 0.481 e. The van der Waals surface area contributed by atoms with E-state index in [0.717, 1.165) is 18.2 Å². The van der Waals surface area contributed by atoms with E-state index in [1.54, 1.807) is 30.3 Å². The maximum atomic E-state index is 14.9. The number of hydrogen-bond donors (Lipinski definition) is 1. The average molecular weight is 561 g/mol. The molecule has 1 atom stereocenters. The van der Waals surface area contributed by atoms with Gasteiger partial charge in [-0.1, -0.05) is 55.5 Å². The van der Waals surface area contributed by atoms with E-state index in [1.165, 1.54) is 13.8 Å². The van der Waals surface area contributed by atoms with Gasteiger partial charge in [0, 0.05) is 5.57 Å². The number of carboxylic acids is 1. The molecule has 212 valence electrons. The number of ether oxygens (including phenoxy) is 1. The van der Waals surface area contributed by atoms with Gasteiger partial charge >= 0.3 is 24.4 Å². The maximum absolute atomic E-state index is 14.9. The molecule has 1 N–H and O–H groups in total. The molecular formula is C27H26F7NO4. The molecule has 0 aromatic heterocycles. The van der Waals surface area contributed by atoms with Crippen LogP contribution >= 0.6 is 0 Å². The molecule has 12 heteroatoms. The highest BCUT2D eigenvalue weighted by Crippen LogP contribution is 2.36. The summed E-state index contributed by atoms with van der Waals surface area (Å²) in [5.41, 5.74) is -1.77. The molecule has 2 aromatic rings. The van der Waals surface area contributed by atoms with Crippen LogP contribution < -0.4 is 0 Å². The third kappa shape index (κ3) is 10.1. The lowest BCUT2D eigenvalue weighted by Gasteiger charge is -2.25. The van der Waals surface area contributed by atoms with Crippen molar-refractivity contribution in [2.75, 3.05) is 6.54 Å². The minimum atomic E-state index is -4.93. The first-order valence-corrected chi connectivity index (χ1v) is 11.6. The molecule has 0 radical (unpaired) electrons. The monoisotopic (exact) mass is 561 g/mol. The molecule has 0 saturated heterocycles. The zero-order valence-corrected chi connectivity index (χ0v) is 20.9.